The lowest BCUT2D eigenvalue weighted by atomic mass is 9.75. The van der Waals surface area contributed by atoms with Crippen molar-refractivity contribution in [2.75, 3.05) is 12.0 Å². The van der Waals surface area contributed by atoms with Crippen LogP contribution < -0.4 is 20.5 Å². The molecule has 4 atom stereocenters. The zero-order valence-corrected chi connectivity index (χ0v) is 21.9. The number of methoxy groups -OCH3 is 1. The molecule has 7 rings (SSSR count). The first kappa shape index (κ1) is 23.8. The lowest BCUT2D eigenvalue weighted by Crippen LogP contribution is -2.50. The number of hydrogen-bond donors (Lipinski definition) is 1. The van der Waals surface area contributed by atoms with E-state index in [-0.39, 0.29) is 29.3 Å². The number of para-hydroxylation sites is 4. The number of nitrogens with zero attached hydrogens (tertiary/aromatic N) is 3. The second-order valence-electron chi connectivity index (χ2n) is 11.0. The van der Waals surface area contributed by atoms with E-state index >= 15 is 0 Å². The van der Waals surface area contributed by atoms with Crippen LogP contribution in [0, 0.1) is 17.8 Å². The molecule has 39 heavy (non-hydrogen) atoms. The van der Waals surface area contributed by atoms with Gasteiger partial charge in [-0.15, -0.1) is 0 Å². The summed E-state index contributed by atoms with van der Waals surface area (Å²) in [6.45, 7) is 4.21. The monoisotopic (exact) mass is 520 g/mol. The maximum Gasteiger partial charge on any atom is 0.266 e. The van der Waals surface area contributed by atoms with Crippen molar-refractivity contribution in [3.63, 3.8) is 0 Å². The molecular weight excluding hydrogens is 492 g/mol. The fraction of sp³-hybridized carbons (Fsp3) is 0.290. The Labute approximate surface area is 225 Å². The van der Waals surface area contributed by atoms with Crippen LogP contribution in [0.5, 0.6) is 5.75 Å². The van der Waals surface area contributed by atoms with Crippen LogP contribution in [0.25, 0.3) is 16.6 Å². The standard InChI is InChI=1S/C31H28N4O4/c1-17(2)16-21-25-26(29(38)34(28(25)37)23-14-8-9-15-24(23)39-3)31(33-21)19-11-5-7-13-22(19)35-27(36)18-10-4-6-12-20(18)32-30(31)35/h4-15,17,21,25-26,33H,16H2,1-3H3/t21?,25-,26+,31?/m0/s1. The number of anilines is 1. The third kappa shape index (κ3) is 3.03. The lowest BCUT2D eigenvalue weighted by molar-refractivity contribution is -0.123. The summed E-state index contributed by atoms with van der Waals surface area (Å²) in [4.78, 5) is 49.0. The fourth-order valence-electron chi connectivity index (χ4n) is 6.98. The zero-order valence-electron chi connectivity index (χ0n) is 21.9. The minimum Gasteiger partial charge on any atom is -0.495 e. The SMILES string of the molecule is COc1ccccc1N1C(=O)[C@H]2C(CC(C)C)NC3(c4ccccc4-n4c3nc3ccccc3c4=O)[C@H]2C1=O. The number of rotatable bonds is 4. The van der Waals surface area contributed by atoms with Gasteiger partial charge in [0.1, 0.15) is 17.1 Å². The molecule has 4 heterocycles. The van der Waals surface area contributed by atoms with Gasteiger partial charge in [-0.3, -0.25) is 24.3 Å². The van der Waals surface area contributed by atoms with Crippen molar-refractivity contribution in [1.29, 1.82) is 0 Å². The van der Waals surface area contributed by atoms with E-state index in [4.69, 9.17) is 9.72 Å². The molecule has 2 fully saturated rings. The molecule has 4 aromatic rings. The van der Waals surface area contributed by atoms with Crippen molar-refractivity contribution in [1.82, 2.24) is 14.9 Å². The molecule has 0 bridgehead atoms. The summed E-state index contributed by atoms with van der Waals surface area (Å²) in [5.74, 6) is -0.826. The van der Waals surface area contributed by atoms with Gasteiger partial charge in [-0.05, 0) is 42.7 Å². The van der Waals surface area contributed by atoms with E-state index in [1.54, 1.807) is 28.8 Å². The number of benzene rings is 3. The Bertz CT molecular complexity index is 1740. The summed E-state index contributed by atoms with van der Waals surface area (Å²) < 4.78 is 7.17. The lowest BCUT2D eigenvalue weighted by Gasteiger charge is -2.32. The number of ether oxygens (including phenoxy) is 1. The van der Waals surface area contributed by atoms with E-state index < -0.39 is 17.4 Å². The maximum atomic E-state index is 14.5. The Morgan fingerprint density at radius 1 is 0.923 bits per heavy atom. The number of carbonyl (C=O) groups is 2. The smallest absolute Gasteiger partial charge is 0.266 e. The summed E-state index contributed by atoms with van der Waals surface area (Å²) >= 11 is 0. The first-order chi connectivity index (χ1) is 18.9. The molecule has 3 aliphatic rings. The minimum atomic E-state index is -1.15. The van der Waals surface area contributed by atoms with Gasteiger partial charge in [0.2, 0.25) is 11.8 Å². The fourth-order valence-corrected chi connectivity index (χ4v) is 6.98. The number of amides is 2. The average molecular weight is 521 g/mol. The Hall–Kier alpha value is -4.30. The van der Waals surface area contributed by atoms with Crippen LogP contribution in [0.4, 0.5) is 5.69 Å². The second kappa shape index (κ2) is 8.35. The van der Waals surface area contributed by atoms with Crippen LogP contribution in [-0.4, -0.2) is 34.5 Å². The highest BCUT2D eigenvalue weighted by Crippen LogP contribution is 2.56. The zero-order chi connectivity index (χ0) is 27.1. The first-order valence-electron chi connectivity index (χ1n) is 13.3. The normalized spacial score (nSPS) is 25.0. The van der Waals surface area contributed by atoms with Crippen LogP contribution in [0.3, 0.4) is 0 Å². The highest BCUT2D eigenvalue weighted by Gasteiger charge is 2.69. The van der Waals surface area contributed by atoms with Crippen molar-refractivity contribution in [3.8, 4) is 11.4 Å². The summed E-state index contributed by atoms with van der Waals surface area (Å²) in [7, 11) is 1.53. The quantitative estimate of drug-likeness (QED) is 0.412. The van der Waals surface area contributed by atoms with Crippen LogP contribution in [-0.2, 0) is 15.1 Å². The van der Waals surface area contributed by atoms with Crippen molar-refractivity contribution < 1.29 is 14.3 Å². The third-order valence-electron chi connectivity index (χ3n) is 8.41. The minimum absolute atomic E-state index is 0.191. The van der Waals surface area contributed by atoms with Crippen LogP contribution >= 0.6 is 0 Å². The van der Waals surface area contributed by atoms with Gasteiger partial charge in [0.15, 0.2) is 0 Å². The molecule has 196 valence electrons. The molecule has 3 aromatic carbocycles. The van der Waals surface area contributed by atoms with Crippen molar-refractivity contribution in [3.05, 3.63) is 94.5 Å². The molecule has 1 spiro atoms. The molecular formula is C31H28N4O4. The Morgan fingerprint density at radius 3 is 2.38 bits per heavy atom. The van der Waals surface area contributed by atoms with Gasteiger partial charge in [-0.1, -0.05) is 56.3 Å². The van der Waals surface area contributed by atoms with Gasteiger partial charge in [0, 0.05) is 11.6 Å². The Balaban J connectivity index is 1.52. The first-order valence-corrected chi connectivity index (χ1v) is 13.3. The largest absolute Gasteiger partial charge is 0.495 e. The van der Waals surface area contributed by atoms with Gasteiger partial charge in [0.25, 0.3) is 5.56 Å². The van der Waals surface area contributed by atoms with Crippen LogP contribution in [0.15, 0.2) is 77.6 Å². The molecule has 1 N–H and O–H groups in total. The molecule has 2 unspecified atom stereocenters. The molecule has 8 heteroatoms. The summed E-state index contributed by atoms with van der Waals surface area (Å²) in [6.07, 6.45) is 0.682. The predicted molar refractivity (Wildman–Crippen MR) is 147 cm³/mol. The molecule has 8 nitrogen and oxygen atoms in total. The number of fused-ring (bicyclic) bond motifs is 8. The Kier molecular flexibility index (Phi) is 5.09. The van der Waals surface area contributed by atoms with Gasteiger partial charge in [-0.25, -0.2) is 9.88 Å². The predicted octanol–water partition coefficient (Wildman–Crippen LogP) is 3.78. The summed E-state index contributed by atoms with van der Waals surface area (Å²) in [6, 6.07) is 21.7. The van der Waals surface area contributed by atoms with Crippen LogP contribution in [0.1, 0.15) is 31.7 Å². The Morgan fingerprint density at radius 2 is 1.62 bits per heavy atom. The highest BCUT2D eigenvalue weighted by atomic mass is 16.5. The van der Waals surface area contributed by atoms with E-state index in [0.29, 0.717) is 40.3 Å². The summed E-state index contributed by atoms with van der Waals surface area (Å²) in [5.41, 5.74) is 1.12. The van der Waals surface area contributed by atoms with Gasteiger partial charge in [0.05, 0.1) is 41.2 Å². The highest BCUT2D eigenvalue weighted by molar-refractivity contribution is 6.24. The third-order valence-corrected chi connectivity index (χ3v) is 8.41. The molecule has 0 saturated carbocycles. The molecule has 0 aliphatic carbocycles. The van der Waals surface area contributed by atoms with E-state index in [1.807, 2.05) is 48.5 Å². The van der Waals surface area contributed by atoms with Crippen molar-refractivity contribution >= 4 is 28.4 Å². The second-order valence-corrected chi connectivity index (χ2v) is 11.0. The van der Waals surface area contributed by atoms with Gasteiger partial charge < -0.3 is 4.74 Å². The topological polar surface area (TPSA) is 93.5 Å². The van der Waals surface area contributed by atoms with Gasteiger partial charge >= 0.3 is 0 Å². The molecule has 1 aromatic heterocycles. The molecule has 0 radical (unpaired) electrons. The average Bonchev–Trinajstić information content (AvgIpc) is 3.51. The molecule has 2 saturated heterocycles. The number of imide groups is 1. The van der Waals surface area contributed by atoms with E-state index in [2.05, 4.69) is 19.2 Å². The van der Waals surface area contributed by atoms with E-state index in [9.17, 15) is 14.4 Å². The molecule has 3 aliphatic heterocycles. The van der Waals surface area contributed by atoms with Gasteiger partial charge in [-0.2, -0.15) is 0 Å². The van der Waals surface area contributed by atoms with Crippen molar-refractivity contribution in [2.24, 2.45) is 17.8 Å². The van der Waals surface area contributed by atoms with E-state index in [0.717, 1.165) is 5.56 Å². The number of nitrogens with one attached hydrogen (secondary N) is 1. The number of hydrogen-bond acceptors (Lipinski definition) is 6. The molecule has 2 amide bonds. The van der Waals surface area contributed by atoms with Crippen LogP contribution in [0.2, 0.25) is 0 Å². The van der Waals surface area contributed by atoms with E-state index in [1.165, 1.54) is 12.0 Å². The number of carbonyl (C=O) groups excluding carboxylic acids is 2. The summed E-state index contributed by atoms with van der Waals surface area (Å²) in [5, 5.41) is 4.25. The number of aromatic nitrogens is 2. The van der Waals surface area contributed by atoms with Crippen molar-refractivity contribution in [2.45, 2.75) is 31.8 Å². The maximum absolute atomic E-state index is 14.5.